The summed E-state index contributed by atoms with van der Waals surface area (Å²) in [4.78, 5) is 16.5. The lowest BCUT2D eigenvalue weighted by molar-refractivity contribution is -0.115. The Morgan fingerprint density at radius 2 is 2.15 bits per heavy atom. The summed E-state index contributed by atoms with van der Waals surface area (Å²) in [5.74, 6) is 1.39. The summed E-state index contributed by atoms with van der Waals surface area (Å²) in [5, 5.41) is 14.0. The first-order valence-electron chi connectivity index (χ1n) is 8.10. The Balaban J connectivity index is 1.61. The molecule has 0 aliphatic heterocycles. The summed E-state index contributed by atoms with van der Waals surface area (Å²) in [6.07, 6.45) is 2.33. The average molecular weight is 390 g/mol. The number of thioether (sulfide) groups is 1. The molecule has 1 unspecified atom stereocenters. The lowest BCUT2D eigenvalue weighted by Gasteiger charge is -2.13. The molecular weight excluding hydrogens is 370 g/mol. The van der Waals surface area contributed by atoms with Crippen LogP contribution in [0.25, 0.3) is 0 Å². The molecule has 1 aromatic carbocycles. The molecule has 0 fully saturated rings. The topological polar surface area (TPSA) is 81.9 Å². The zero-order valence-electron chi connectivity index (χ0n) is 14.5. The van der Waals surface area contributed by atoms with Crippen molar-refractivity contribution in [2.45, 2.75) is 30.4 Å². The summed E-state index contributed by atoms with van der Waals surface area (Å²) >= 11 is 2.78. The van der Waals surface area contributed by atoms with Crippen LogP contribution >= 0.6 is 23.1 Å². The van der Waals surface area contributed by atoms with Crippen molar-refractivity contribution in [2.24, 2.45) is 7.05 Å². The molecule has 9 heteroatoms. The van der Waals surface area contributed by atoms with E-state index in [0.29, 0.717) is 29.1 Å². The number of amides is 1. The highest BCUT2D eigenvalue weighted by atomic mass is 32.2. The van der Waals surface area contributed by atoms with Gasteiger partial charge in [-0.3, -0.25) is 4.79 Å². The number of para-hydroxylation sites is 1. The zero-order valence-corrected chi connectivity index (χ0v) is 16.1. The Bertz CT molecular complexity index is 836. The number of hydrogen-bond donors (Lipinski definition) is 1. The van der Waals surface area contributed by atoms with Crippen molar-refractivity contribution in [1.29, 1.82) is 0 Å². The number of nitrogens with zero attached hydrogens (tertiary/aromatic N) is 4. The summed E-state index contributed by atoms with van der Waals surface area (Å²) in [6.45, 7) is 2.28. The second kappa shape index (κ2) is 8.81. The summed E-state index contributed by atoms with van der Waals surface area (Å²) < 4.78 is 7.57. The summed E-state index contributed by atoms with van der Waals surface area (Å²) in [5.41, 5.74) is 0. The van der Waals surface area contributed by atoms with Crippen LogP contribution in [0.4, 0.5) is 5.13 Å². The van der Waals surface area contributed by atoms with Crippen molar-refractivity contribution < 1.29 is 9.53 Å². The Kier molecular flexibility index (Phi) is 6.24. The molecule has 3 rings (SSSR count). The van der Waals surface area contributed by atoms with Crippen molar-refractivity contribution in [3.63, 3.8) is 0 Å². The van der Waals surface area contributed by atoms with Crippen LogP contribution in [0.2, 0.25) is 0 Å². The quantitative estimate of drug-likeness (QED) is 0.595. The molecule has 0 aliphatic carbocycles. The molecule has 7 nitrogen and oxygen atoms in total. The van der Waals surface area contributed by atoms with Crippen LogP contribution in [0.5, 0.6) is 5.75 Å². The largest absolute Gasteiger partial charge is 0.486 e. The van der Waals surface area contributed by atoms with E-state index in [4.69, 9.17) is 4.74 Å². The lowest BCUT2D eigenvalue weighted by Crippen LogP contribution is -2.25. The van der Waals surface area contributed by atoms with Crippen molar-refractivity contribution in [3.05, 3.63) is 47.7 Å². The van der Waals surface area contributed by atoms with Gasteiger partial charge >= 0.3 is 0 Å². The van der Waals surface area contributed by atoms with Gasteiger partial charge in [-0.25, -0.2) is 4.98 Å². The number of aromatic nitrogens is 4. The third kappa shape index (κ3) is 4.61. The Hall–Kier alpha value is -2.39. The molecule has 0 bridgehead atoms. The molecule has 26 heavy (non-hydrogen) atoms. The Labute approximate surface area is 159 Å². The predicted molar refractivity (Wildman–Crippen MR) is 102 cm³/mol. The van der Waals surface area contributed by atoms with Gasteiger partial charge in [-0.1, -0.05) is 36.9 Å². The molecular formula is C17H19N5O2S2. The predicted octanol–water partition coefficient (Wildman–Crippen LogP) is 3.36. The maximum Gasteiger partial charge on any atom is 0.239 e. The van der Waals surface area contributed by atoms with Crippen molar-refractivity contribution >= 4 is 34.1 Å². The number of hydrogen-bond acceptors (Lipinski definition) is 7. The van der Waals surface area contributed by atoms with Crippen LogP contribution in [-0.2, 0) is 18.4 Å². The molecule has 1 N–H and O–H groups in total. The van der Waals surface area contributed by atoms with E-state index in [-0.39, 0.29) is 11.2 Å². The molecule has 0 saturated carbocycles. The lowest BCUT2D eigenvalue weighted by atomic mass is 10.3. The second-order valence-electron chi connectivity index (χ2n) is 5.40. The van der Waals surface area contributed by atoms with Gasteiger partial charge in [-0.15, -0.1) is 21.5 Å². The molecule has 3 aromatic rings. The molecule has 136 valence electrons. The molecule has 0 aliphatic rings. The van der Waals surface area contributed by atoms with E-state index in [0.717, 1.165) is 5.75 Å². The van der Waals surface area contributed by atoms with E-state index in [9.17, 15) is 4.79 Å². The first kappa shape index (κ1) is 18.4. The van der Waals surface area contributed by atoms with Gasteiger partial charge in [0.25, 0.3) is 0 Å². The number of nitrogens with one attached hydrogen (secondary N) is 1. The van der Waals surface area contributed by atoms with Crippen LogP contribution in [0.15, 0.2) is 47.1 Å². The first-order valence-corrected chi connectivity index (χ1v) is 9.86. The highest BCUT2D eigenvalue weighted by molar-refractivity contribution is 8.00. The molecule has 2 heterocycles. The number of rotatable bonds is 8. The van der Waals surface area contributed by atoms with Crippen molar-refractivity contribution in [2.75, 3.05) is 5.32 Å². The van der Waals surface area contributed by atoms with Gasteiger partial charge in [-0.05, 0) is 18.6 Å². The summed E-state index contributed by atoms with van der Waals surface area (Å²) in [6, 6.07) is 9.55. The summed E-state index contributed by atoms with van der Waals surface area (Å²) in [7, 11) is 1.87. The van der Waals surface area contributed by atoms with Crippen molar-refractivity contribution in [1.82, 2.24) is 19.7 Å². The van der Waals surface area contributed by atoms with Gasteiger partial charge in [0, 0.05) is 18.6 Å². The van der Waals surface area contributed by atoms with E-state index >= 15 is 0 Å². The minimum absolute atomic E-state index is 0.0856. The smallest absolute Gasteiger partial charge is 0.239 e. The van der Waals surface area contributed by atoms with Gasteiger partial charge in [0.1, 0.15) is 12.4 Å². The molecule has 0 saturated heterocycles. The molecule has 0 spiro atoms. The number of benzene rings is 1. The minimum atomic E-state index is -0.273. The fourth-order valence-corrected chi connectivity index (χ4v) is 3.63. The Morgan fingerprint density at radius 3 is 2.85 bits per heavy atom. The number of carbonyl (C=O) groups is 1. The van der Waals surface area contributed by atoms with Gasteiger partial charge in [-0.2, -0.15) is 0 Å². The van der Waals surface area contributed by atoms with E-state index < -0.39 is 0 Å². The standard InChI is InChI=1S/C17H19N5O2S2/c1-3-13(15(23)19-16-18-9-10-25-16)26-17-21-20-14(22(17)2)11-24-12-7-5-4-6-8-12/h4-10,13H,3,11H2,1-2H3,(H,18,19,23). The highest BCUT2D eigenvalue weighted by Gasteiger charge is 2.22. The van der Waals surface area contributed by atoms with Crippen LogP contribution in [0.1, 0.15) is 19.2 Å². The van der Waals surface area contributed by atoms with Gasteiger partial charge in [0.05, 0.1) is 5.25 Å². The molecule has 0 radical (unpaired) electrons. The number of carbonyl (C=O) groups excluding carboxylic acids is 1. The maximum atomic E-state index is 12.4. The normalized spacial score (nSPS) is 11.9. The van der Waals surface area contributed by atoms with Crippen molar-refractivity contribution in [3.8, 4) is 5.75 Å². The molecule has 1 atom stereocenters. The van der Waals surface area contributed by atoms with Crippen LogP contribution in [-0.4, -0.2) is 30.9 Å². The molecule has 1 amide bonds. The van der Waals surface area contributed by atoms with E-state index in [2.05, 4.69) is 20.5 Å². The number of thiazole rings is 1. The van der Waals surface area contributed by atoms with Gasteiger partial charge < -0.3 is 14.6 Å². The second-order valence-corrected chi connectivity index (χ2v) is 7.47. The third-order valence-corrected chi connectivity index (χ3v) is 5.70. The van der Waals surface area contributed by atoms with E-state index in [1.165, 1.54) is 23.1 Å². The number of anilines is 1. The van der Waals surface area contributed by atoms with Crippen LogP contribution < -0.4 is 10.1 Å². The average Bonchev–Trinajstić information content (AvgIpc) is 3.29. The highest BCUT2D eigenvalue weighted by Crippen LogP contribution is 2.25. The zero-order chi connectivity index (χ0) is 18.4. The van der Waals surface area contributed by atoms with Gasteiger partial charge in [0.2, 0.25) is 5.91 Å². The maximum absolute atomic E-state index is 12.4. The first-order chi connectivity index (χ1) is 12.7. The van der Waals surface area contributed by atoms with Gasteiger partial charge in [0.15, 0.2) is 16.1 Å². The fourth-order valence-electron chi connectivity index (χ4n) is 2.16. The van der Waals surface area contributed by atoms with Crippen LogP contribution in [0.3, 0.4) is 0 Å². The SMILES string of the molecule is CCC(Sc1nnc(COc2ccccc2)n1C)C(=O)Nc1nccs1. The monoisotopic (exact) mass is 389 g/mol. The number of ether oxygens (including phenoxy) is 1. The minimum Gasteiger partial charge on any atom is -0.486 e. The molecule has 2 aromatic heterocycles. The fraction of sp³-hybridized carbons (Fsp3) is 0.294. The van der Waals surface area contributed by atoms with Crippen LogP contribution in [0, 0.1) is 0 Å². The van der Waals surface area contributed by atoms with E-state index in [1.807, 2.05) is 54.3 Å². The Morgan fingerprint density at radius 1 is 1.35 bits per heavy atom. The third-order valence-electron chi connectivity index (χ3n) is 3.61. The van der Waals surface area contributed by atoms with E-state index in [1.54, 1.807) is 6.20 Å².